The second kappa shape index (κ2) is 12.6. The maximum absolute atomic E-state index is 13.1. The summed E-state index contributed by atoms with van der Waals surface area (Å²) in [6.45, 7) is 8.98. The van der Waals surface area contributed by atoms with E-state index in [1.54, 1.807) is 19.1 Å². The van der Waals surface area contributed by atoms with E-state index in [4.69, 9.17) is 9.47 Å². The van der Waals surface area contributed by atoms with E-state index >= 15 is 0 Å². The summed E-state index contributed by atoms with van der Waals surface area (Å²) in [4.78, 5) is 13.0. The van der Waals surface area contributed by atoms with Crippen LogP contribution in [0.15, 0.2) is 53.4 Å². The van der Waals surface area contributed by atoms with Crippen LogP contribution < -0.4 is 14.8 Å². The maximum Gasteiger partial charge on any atom is 0.241 e. The first-order chi connectivity index (χ1) is 15.2. The minimum atomic E-state index is -3.92. The highest BCUT2D eigenvalue weighted by atomic mass is 32.2. The van der Waals surface area contributed by atoms with Gasteiger partial charge < -0.3 is 14.8 Å². The molecular weight excluding hydrogens is 428 g/mol. The molecule has 176 valence electrons. The van der Waals surface area contributed by atoms with Crippen LogP contribution in [0.4, 0.5) is 0 Å². The quantitative estimate of drug-likeness (QED) is 0.446. The molecule has 2 rings (SSSR count). The van der Waals surface area contributed by atoms with E-state index < -0.39 is 16.1 Å². The van der Waals surface area contributed by atoms with Crippen molar-refractivity contribution in [1.82, 2.24) is 10.0 Å². The van der Waals surface area contributed by atoms with Crippen LogP contribution in [0, 0.1) is 6.92 Å². The predicted octanol–water partition coefficient (Wildman–Crippen LogP) is 3.21. The van der Waals surface area contributed by atoms with Crippen LogP contribution in [0.2, 0.25) is 0 Å². The molecule has 0 radical (unpaired) electrons. The van der Waals surface area contributed by atoms with E-state index in [1.165, 1.54) is 6.07 Å². The molecule has 0 saturated heterocycles. The molecule has 0 spiro atoms. The minimum Gasteiger partial charge on any atom is -0.494 e. The van der Waals surface area contributed by atoms with E-state index in [-0.39, 0.29) is 23.3 Å². The molecule has 2 aromatic carbocycles. The Morgan fingerprint density at radius 2 is 1.81 bits per heavy atom. The number of nitrogens with one attached hydrogen (secondary N) is 2. The number of benzene rings is 2. The highest BCUT2D eigenvalue weighted by Gasteiger charge is 2.26. The van der Waals surface area contributed by atoms with Crippen molar-refractivity contribution in [2.24, 2.45) is 0 Å². The molecule has 0 fully saturated rings. The molecule has 0 saturated carbocycles. The molecule has 2 N–H and O–H groups in total. The molecule has 0 aliphatic carbocycles. The van der Waals surface area contributed by atoms with Gasteiger partial charge in [-0.15, -0.1) is 0 Å². The summed E-state index contributed by atoms with van der Waals surface area (Å²) in [7, 11) is -3.92. The zero-order valence-corrected chi connectivity index (χ0v) is 20.1. The minimum absolute atomic E-state index is 0.0923. The van der Waals surface area contributed by atoms with E-state index in [0.29, 0.717) is 37.5 Å². The molecule has 0 aliphatic heterocycles. The van der Waals surface area contributed by atoms with E-state index in [2.05, 4.69) is 10.0 Å². The highest BCUT2D eigenvalue weighted by Crippen LogP contribution is 2.22. The average molecular weight is 463 g/mol. The Morgan fingerprint density at radius 3 is 2.44 bits per heavy atom. The number of rotatable bonds is 13. The van der Waals surface area contributed by atoms with Crippen molar-refractivity contribution in [3.63, 3.8) is 0 Å². The third-order valence-electron chi connectivity index (χ3n) is 4.72. The van der Waals surface area contributed by atoms with Gasteiger partial charge in [-0.1, -0.05) is 30.3 Å². The zero-order valence-electron chi connectivity index (χ0n) is 19.3. The average Bonchev–Trinajstić information content (AvgIpc) is 2.74. The second-order valence-electron chi connectivity index (χ2n) is 7.79. The van der Waals surface area contributed by atoms with Crippen molar-refractivity contribution in [3.05, 3.63) is 59.7 Å². The lowest BCUT2D eigenvalue weighted by atomic mass is 10.1. The highest BCUT2D eigenvalue weighted by molar-refractivity contribution is 7.89. The first-order valence-electron chi connectivity index (χ1n) is 10.9. The van der Waals surface area contributed by atoms with Crippen LogP contribution in [0.1, 0.15) is 38.3 Å². The van der Waals surface area contributed by atoms with Gasteiger partial charge >= 0.3 is 0 Å². The second-order valence-corrected chi connectivity index (χ2v) is 9.50. The Morgan fingerprint density at radius 1 is 1.09 bits per heavy atom. The summed E-state index contributed by atoms with van der Waals surface area (Å²) in [5.74, 6) is 0.262. The van der Waals surface area contributed by atoms with Gasteiger partial charge in [0, 0.05) is 13.2 Å². The smallest absolute Gasteiger partial charge is 0.241 e. The first kappa shape index (κ1) is 25.8. The summed E-state index contributed by atoms with van der Waals surface area (Å²) < 4.78 is 39.7. The number of carbonyl (C=O) groups excluding carboxylic acids is 1. The van der Waals surface area contributed by atoms with Crippen molar-refractivity contribution in [3.8, 4) is 5.75 Å². The molecule has 7 nitrogen and oxygen atoms in total. The first-order valence-corrected chi connectivity index (χ1v) is 12.4. The van der Waals surface area contributed by atoms with Crippen LogP contribution in [0.25, 0.3) is 0 Å². The van der Waals surface area contributed by atoms with Crippen LogP contribution in [0.3, 0.4) is 0 Å². The normalized spacial score (nSPS) is 12.5. The Kier molecular flexibility index (Phi) is 10.2. The fraction of sp³-hybridized carbons (Fsp3) is 0.458. The number of ether oxygens (including phenoxy) is 2. The van der Waals surface area contributed by atoms with Crippen LogP contribution >= 0.6 is 0 Å². The molecule has 1 amide bonds. The van der Waals surface area contributed by atoms with Gasteiger partial charge in [0.2, 0.25) is 15.9 Å². The molecule has 8 heteroatoms. The number of carbonyl (C=O) groups is 1. The molecule has 0 aliphatic rings. The molecule has 32 heavy (non-hydrogen) atoms. The summed E-state index contributed by atoms with van der Waals surface area (Å²) in [5, 5.41) is 2.82. The van der Waals surface area contributed by atoms with E-state index in [0.717, 1.165) is 5.56 Å². The summed E-state index contributed by atoms with van der Waals surface area (Å²) >= 11 is 0. The SMILES string of the molecule is CCOc1ccc(S(=O)(=O)N[C@H](Cc2ccccc2)C(=O)NCCCOC(C)C)cc1C. The van der Waals surface area contributed by atoms with Crippen LogP contribution in [0.5, 0.6) is 5.75 Å². The van der Waals surface area contributed by atoms with Crippen molar-refractivity contribution in [1.29, 1.82) is 0 Å². The van der Waals surface area contributed by atoms with Gasteiger partial charge in [-0.05, 0) is 69.9 Å². The van der Waals surface area contributed by atoms with Gasteiger partial charge in [-0.2, -0.15) is 4.72 Å². The molecule has 0 heterocycles. The Bertz CT molecular complexity index is 962. The summed E-state index contributed by atoms with van der Waals surface area (Å²) in [6.07, 6.45) is 1.01. The lowest BCUT2D eigenvalue weighted by Gasteiger charge is -2.19. The van der Waals surface area contributed by atoms with Gasteiger partial charge in [0.15, 0.2) is 0 Å². The van der Waals surface area contributed by atoms with Crippen molar-refractivity contribution in [2.75, 3.05) is 19.8 Å². The Hall–Kier alpha value is -2.42. The molecule has 0 unspecified atom stereocenters. The Labute approximate surface area is 191 Å². The predicted molar refractivity (Wildman–Crippen MR) is 125 cm³/mol. The number of sulfonamides is 1. The van der Waals surface area contributed by atoms with Gasteiger partial charge in [0.1, 0.15) is 11.8 Å². The Balaban J connectivity index is 2.14. The molecule has 1 atom stereocenters. The lowest BCUT2D eigenvalue weighted by molar-refractivity contribution is -0.122. The molecular formula is C24H34N2O5S. The van der Waals surface area contributed by atoms with Crippen molar-refractivity contribution >= 4 is 15.9 Å². The molecule has 0 bridgehead atoms. The van der Waals surface area contributed by atoms with E-state index in [9.17, 15) is 13.2 Å². The number of aryl methyl sites for hydroxylation is 1. The van der Waals surface area contributed by atoms with Crippen LogP contribution in [-0.4, -0.2) is 46.2 Å². The number of amides is 1. The van der Waals surface area contributed by atoms with E-state index in [1.807, 2.05) is 51.1 Å². The maximum atomic E-state index is 13.1. The topological polar surface area (TPSA) is 93.7 Å². The largest absolute Gasteiger partial charge is 0.494 e. The zero-order chi connectivity index (χ0) is 23.6. The van der Waals surface area contributed by atoms with Gasteiger partial charge in [-0.3, -0.25) is 4.79 Å². The lowest BCUT2D eigenvalue weighted by Crippen LogP contribution is -2.48. The fourth-order valence-electron chi connectivity index (χ4n) is 3.13. The van der Waals surface area contributed by atoms with Crippen LogP contribution in [-0.2, 0) is 26.0 Å². The summed E-state index contributed by atoms with van der Waals surface area (Å²) in [5.41, 5.74) is 1.57. The standard InChI is InChI=1S/C24H34N2O5S/c1-5-30-23-13-12-21(16-19(23)4)32(28,29)26-22(17-20-10-7-6-8-11-20)24(27)25-14-9-15-31-18(2)3/h6-8,10-13,16,18,22,26H,5,9,14-15,17H2,1-4H3,(H,25,27)/t22-/m1/s1. The van der Waals surface area contributed by atoms with Gasteiger partial charge in [0.25, 0.3) is 0 Å². The number of hydrogen-bond acceptors (Lipinski definition) is 5. The third-order valence-corrected chi connectivity index (χ3v) is 6.19. The van der Waals surface area contributed by atoms with Gasteiger partial charge in [-0.25, -0.2) is 8.42 Å². The van der Waals surface area contributed by atoms with Crippen molar-refractivity contribution in [2.45, 2.75) is 57.6 Å². The van der Waals surface area contributed by atoms with Crippen molar-refractivity contribution < 1.29 is 22.7 Å². The monoisotopic (exact) mass is 462 g/mol. The summed E-state index contributed by atoms with van der Waals surface area (Å²) in [6, 6.07) is 13.1. The molecule has 2 aromatic rings. The molecule has 0 aromatic heterocycles. The number of hydrogen-bond donors (Lipinski definition) is 2. The third kappa shape index (κ3) is 8.26. The fourth-order valence-corrected chi connectivity index (χ4v) is 4.41. The van der Waals surface area contributed by atoms with Gasteiger partial charge in [0.05, 0.1) is 17.6 Å².